The Morgan fingerprint density at radius 3 is 2.68 bits per heavy atom. The van der Waals surface area contributed by atoms with Crippen LogP contribution in [0.5, 0.6) is 0 Å². The number of anilines is 1. The molecule has 0 fully saturated rings. The van der Waals surface area contributed by atoms with E-state index in [1.54, 1.807) is 6.07 Å². The summed E-state index contributed by atoms with van der Waals surface area (Å²) in [5.74, 6) is -0.634. The molecule has 1 aliphatic rings. The zero-order valence-corrected chi connectivity index (χ0v) is 15.8. The number of nitrogens with zero attached hydrogens (tertiary/aromatic N) is 2. The topological polar surface area (TPSA) is 96.7 Å². The van der Waals surface area contributed by atoms with Crippen molar-refractivity contribution in [1.29, 1.82) is 0 Å². The number of hydrogen-bond donors (Lipinski definition) is 3. The predicted octanol–water partition coefficient (Wildman–Crippen LogP) is 4.55. The lowest BCUT2D eigenvalue weighted by Gasteiger charge is -2.21. The molecule has 0 radical (unpaired) electrons. The number of aromatic nitrogens is 3. The van der Waals surface area contributed by atoms with Gasteiger partial charge in [-0.25, -0.2) is 0 Å². The molecule has 1 atom stereocenters. The molecular formula is C20H13Cl2N5O. The number of nitrogens with two attached hydrogens (primary N) is 1. The largest absolute Gasteiger partial charge is 0.374 e. The van der Waals surface area contributed by atoms with E-state index in [4.69, 9.17) is 28.9 Å². The standard InChI is InChI=1S/C20H13Cl2N5O/c21-12-6-3-5-10(16(12)22)17-11-8-24-20-15(11)14(18(19(23)28)26-27-20)9-4-1-2-7-13(9)25-17/h1-8,17,25H,(H2,23,28)(H,24,27). The number of halogens is 2. The Hall–Kier alpha value is -3.09. The van der Waals surface area contributed by atoms with Crippen LogP contribution in [0.1, 0.15) is 27.7 Å². The minimum atomic E-state index is -0.634. The molecule has 0 saturated carbocycles. The monoisotopic (exact) mass is 409 g/mol. The van der Waals surface area contributed by atoms with Gasteiger partial charge in [0.05, 0.1) is 16.1 Å². The maximum absolute atomic E-state index is 12.1. The van der Waals surface area contributed by atoms with Crippen LogP contribution in [0.3, 0.4) is 0 Å². The summed E-state index contributed by atoms with van der Waals surface area (Å²) < 4.78 is 0. The summed E-state index contributed by atoms with van der Waals surface area (Å²) in [4.78, 5) is 15.2. The highest BCUT2D eigenvalue weighted by molar-refractivity contribution is 6.42. The first-order valence-electron chi connectivity index (χ1n) is 8.53. The Morgan fingerprint density at radius 2 is 1.86 bits per heavy atom. The second-order valence-electron chi connectivity index (χ2n) is 6.52. The minimum Gasteiger partial charge on any atom is -0.374 e. The SMILES string of the molecule is NC(=O)c1nnc2[nH]cc3c2c1-c1ccccc1NC3c1cccc(Cl)c1Cl. The van der Waals surface area contributed by atoms with Crippen molar-refractivity contribution in [1.82, 2.24) is 15.2 Å². The van der Waals surface area contributed by atoms with E-state index >= 15 is 0 Å². The van der Waals surface area contributed by atoms with Gasteiger partial charge in [-0.1, -0.05) is 53.5 Å². The third kappa shape index (κ3) is 2.38. The normalized spacial score (nSPS) is 15.0. The molecule has 0 aliphatic carbocycles. The molecule has 8 heteroatoms. The summed E-state index contributed by atoms with van der Waals surface area (Å²) in [7, 11) is 0. The maximum Gasteiger partial charge on any atom is 0.269 e. The average molecular weight is 410 g/mol. The molecule has 5 rings (SSSR count). The summed E-state index contributed by atoms with van der Waals surface area (Å²) in [5, 5.41) is 13.5. The molecule has 1 unspecified atom stereocenters. The molecular weight excluding hydrogens is 397 g/mol. The number of benzene rings is 2. The van der Waals surface area contributed by atoms with Crippen molar-refractivity contribution in [2.24, 2.45) is 5.73 Å². The quantitative estimate of drug-likeness (QED) is 0.452. The van der Waals surface area contributed by atoms with Gasteiger partial charge in [-0.05, 0) is 17.7 Å². The highest BCUT2D eigenvalue weighted by Gasteiger charge is 2.30. The average Bonchev–Trinajstić information content (AvgIpc) is 3.05. The van der Waals surface area contributed by atoms with E-state index in [2.05, 4.69) is 20.5 Å². The van der Waals surface area contributed by atoms with E-state index < -0.39 is 5.91 Å². The van der Waals surface area contributed by atoms with Crippen LogP contribution >= 0.6 is 23.2 Å². The smallest absolute Gasteiger partial charge is 0.269 e. The third-order valence-electron chi connectivity index (χ3n) is 4.96. The van der Waals surface area contributed by atoms with E-state index in [1.165, 1.54) is 0 Å². The fourth-order valence-corrected chi connectivity index (χ4v) is 4.17. The molecule has 0 bridgehead atoms. The van der Waals surface area contributed by atoms with Crippen molar-refractivity contribution in [3.63, 3.8) is 0 Å². The van der Waals surface area contributed by atoms with Gasteiger partial charge in [0.2, 0.25) is 0 Å². The van der Waals surface area contributed by atoms with Crippen LogP contribution in [0.15, 0.2) is 48.7 Å². The van der Waals surface area contributed by atoms with Crippen molar-refractivity contribution in [3.05, 3.63) is 75.5 Å². The molecule has 138 valence electrons. The van der Waals surface area contributed by atoms with Gasteiger partial charge in [0, 0.05) is 34.0 Å². The fourth-order valence-electron chi connectivity index (χ4n) is 3.75. The summed E-state index contributed by atoms with van der Waals surface area (Å²) in [6.07, 6.45) is 1.84. The summed E-state index contributed by atoms with van der Waals surface area (Å²) in [6.45, 7) is 0. The zero-order valence-electron chi connectivity index (χ0n) is 14.3. The lowest BCUT2D eigenvalue weighted by Crippen LogP contribution is -2.15. The van der Waals surface area contributed by atoms with E-state index in [1.807, 2.05) is 42.6 Å². The van der Waals surface area contributed by atoms with Gasteiger partial charge in [-0.15, -0.1) is 10.2 Å². The number of aromatic amines is 1. The molecule has 4 aromatic rings. The zero-order chi connectivity index (χ0) is 19.4. The first-order chi connectivity index (χ1) is 13.6. The Bertz CT molecular complexity index is 1270. The number of H-pyrrole nitrogens is 1. The van der Waals surface area contributed by atoms with Crippen LogP contribution in [0, 0.1) is 0 Å². The summed E-state index contributed by atoms with van der Waals surface area (Å²) in [5.41, 5.74) is 10.3. The minimum absolute atomic E-state index is 0.125. The van der Waals surface area contributed by atoms with E-state index in [0.717, 1.165) is 27.8 Å². The second kappa shape index (κ2) is 6.22. The van der Waals surface area contributed by atoms with Gasteiger partial charge in [0.15, 0.2) is 11.3 Å². The third-order valence-corrected chi connectivity index (χ3v) is 5.79. The molecule has 3 heterocycles. The Balaban J connectivity index is 1.91. The number of nitrogens with one attached hydrogen (secondary N) is 2. The molecule has 1 amide bonds. The lowest BCUT2D eigenvalue weighted by atomic mass is 9.95. The molecule has 28 heavy (non-hydrogen) atoms. The summed E-state index contributed by atoms with van der Waals surface area (Å²) in [6, 6.07) is 12.9. The van der Waals surface area contributed by atoms with Gasteiger partial charge in [0.1, 0.15) is 0 Å². The fraction of sp³-hybridized carbons (Fsp3) is 0.0500. The van der Waals surface area contributed by atoms with Crippen LogP contribution in [-0.4, -0.2) is 21.1 Å². The number of carbonyl (C=O) groups is 1. The van der Waals surface area contributed by atoms with Crippen molar-refractivity contribution in [3.8, 4) is 11.1 Å². The van der Waals surface area contributed by atoms with E-state index in [9.17, 15) is 4.79 Å². The number of rotatable bonds is 2. The number of para-hydroxylation sites is 1. The van der Waals surface area contributed by atoms with Gasteiger partial charge >= 0.3 is 0 Å². The molecule has 6 nitrogen and oxygen atoms in total. The Morgan fingerprint density at radius 1 is 1.04 bits per heavy atom. The highest BCUT2D eigenvalue weighted by Crippen LogP contribution is 2.46. The molecule has 0 spiro atoms. The maximum atomic E-state index is 12.1. The van der Waals surface area contributed by atoms with E-state index in [0.29, 0.717) is 21.3 Å². The van der Waals surface area contributed by atoms with Crippen molar-refractivity contribution >= 4 is 45.8 Å². The number of primary amides is 1. The van der Waals surface area contributed by atoms with Gasteiger partial charge in [-0.3, -0.25) is 4.79 Å². The van der Waals surface area contributed by atoms with Crippen molar-refractivity contribution in [2.45, 2.75) is 6.04 Å². The molecule has 4 N–H and O–H groups in total. The van der Waals surface area contributed by atoms with Crippen molar-refractivity contribution < 1.29 is 4.79 Å². The van der Waals surface area contributed by atoms with Crippen LogP contribution in [0.2, 0.25) is 10.0 Å². The highest BCUT2D eigenvalue weighted by atomic mass is 35.5. The molecule has 0 saturated heterocycles. The van der Waals surface area contributed by atoms with Gasteiger partial charge < -0.3 is 16.0 Å². The van der Waals surface area contributed by atoms with Gasteiger partial charge in [-0.2, -0.15) is 0 Å². The van der Waals surface area contributed by atoms with Crippen LogP contribution in [0.4, 0.5) is 5.69 Å². The van der Waals surface area contributed by atoms with Crippen molar-refractivity contribution in [2.75, 3.05) is 5.32 Å². The number of amides is 1. The van der Waals surface area contributed by atoms with Gasteiger partial charge in [0.25, 0.3) is 5.91 Å². The predicted molar refractivity (Wildman–Crippen MR) is 110 cm³/mol. The van der Waals surface area contributed by atoms with Crippen LogP contribution in [0.25, 0.3) is 22.2 Å². The van der Waals surface area contributed by atoms with Crippen LogP contribution in [-0.2, 0) is 0 Å². The number of carbonyl (C=O) groups excluding carboxylic acids is 1. The second-order valence-corrected chi connectivity index (χ2v) is 7.31. The molecule has 2 aromatic carbocycles. The molecule has 2 aromatic heterocycles. The summed E-state index contributed by atoms with van der Waals surface area (Å²) >= 11 is 12.8. The number of fused-ring (bicyclic) bond motifs is 2. The first kappa shape index (κ1) is 17.0. The van der Waals surface area contributed by atoms with E-state index in [-0.39, 0.29) is 11.7 Å². The lowest BCUT2D eigenvalue weighted by molar-refractivity contribution is 0.0995. The van der Waals surface area contributed by atoms with Crippen LogP contribution < -0.4 is 11.1 Å². The Labute approximate surface area is 169 Å². The first-order valence-corrected chi connectivity index (χ1v) is 9.29. The number of hydrogen-bond acceptors (Lipinski definition) is 4. The Kier molecular flexibility index (Phi) is 3.79. The molecule has 1 aliphatic heterocycles.